The van der Waals surface area contributed by atoms with Crippen LogP contribution in [0.5, 0.6) is 0 Å². The minimum Gasteiger partial charge on any atom is -0.478 e. The van der Waals surface area contributed by atoms with Gasteiger partial charge in [0.05, 0.1) is 36.5 Å². The number of carbonyl (C=O) groups is 3. The first-order valence-corrected chi connectivity index (χ1v) is 15.5. The smallest absolute Gasteiger partial charge is 0.351 e. The number of rotatable bonds is 16. The van der Waals surface area contributed by atoms with Crippen LogP contribution in [0.15, 0.2) is 36.7 Å². The van der Waals surface area contributed by atoms with E-state index in [1.165, 1.54) is 4.68 Å². The van der Waals surface area contributed by atoms with Crippen molar-refractivity contribution in [2.75, 3.05) is 24.4 Å². The van der Waals surface area contributed by atoms with E-state index in [4.69, 9.17) is 24.5 Å². The van der Waals surface area contributed by atoms with Crippen molar-refractivity contribution in [1.82, 2.24) is 19.8 Å². The number of aliphatic carboxylic acids is 1. The average Bonchev–Trinajstić information content (AvgIpc) is 3.50. The highest BCUT2D eigenvalue weighted by molar-refractivity contribution is 7.80. The Bertz CT molecular complexity index is 1510. The fourth-order valence-corrected chi connectivity index (χ4v) is 6.46. The number of quaternary nitrogens is 1. The Morgan fingerprint density at radius 2 is 1.82 bits per heavy atom. The van der Waals surface area contributed by atoms with Gasteiger partial charge in [0.25, 0.3) is 36.6 Å². The van der Waals surface area contributed by atoms with E-state index in [-0.39, 0.29) is 19.2 Å². The van der Waals surface area contributed by atoms with Crippen LogP contribution in [0.25, 0.3) is 0 Å². The third-order valence-electron chi connectivity index (χ3n) is 8.23. The number of ether oxygens (including phenoxy) is 2. The van der Waals surface area contributed by atoms with Crippen molar-refractivity contribution < 1.29 is 51.6 Å². The van der Waals surface area contributed by atoms with Crippen molar-refractivity contribution in [2.24, 2.45) is 0 Å². The Balaban J connectivity index is 1.51. The molecule has 0 radical (unpaired) electrons. The molecule has 16 nitrogen and oxygen atoms in total. The zero-order valence-electron chi connectivity index (χ0n) is 24.3. The first-order valence-electron chi connectivity index (χ1n) is 14.4. The fourth-order valence-electron chi connectivity index (χ4n) is 6.12. The van der Waals surface area contributed by atoms with Crippen LogP contribution in [-0.2, 0) is 54.6 Å². The molecule has 1 aromatic carbocycles. The number of anilines is 1. The van der Waals surface area contributed by atoms with Crippen LogP contribution in [0.2, 0.25) is 0 Å². The van der Waals surface area contributed by atoms with E-state index in [2.05, 4.69) is 4.72 Å². The molecule has 0 fully saturated rings. The van der Waals surface area contributed by atoms with Gasteiger partial charge in [0, 0.05) is 24.9 Å². The highest BCUT2D eigenvalue weighted by atomic mass is 32.2. The van der Waals surface area contributed by atoms with E-state index in [1.807, 2.05) is 34.6 Å². The maximum atomic E-state index is 12.2. The van der Waals surface area contributed by atoms with Gasteiger partial charge in [-0.3, -0.25) is 18.9 Å². The van der Waals surface area contributed by atoms with Crippen molar-refractivity contribution in [3.63, 3.8) is 0 Å². The van der Waals surface area contributed by atoms with Crippen molar-refractivity contribution in [3.8, 4) is 0 Å². The monoisotopic (exact) mass is 633 g/mol. The van der Waals surface area contributed by atoms with Crippen LogP contribution in [0.1, 0.15) is 68.0 Å². The Labute approximate surface area is 255 Å². The zero-order chi connectivity index (χ0) is 31.3. The predicted octanol–water partition coefficient (Wildman–Crippen LogP) is 0.387. The number of carbonyl (C=O) groups excluding carboxylic acids is 2. The molecule has 2 aromatic heterocycles. The first-order chi connectivity index (χ1) is 21.3. The summed E-state index contributed by atoms with van der Waals surface area (Å²) in [5.41, 5.74) is 3.39. The Kier molecular flexibility index (Phi) is 9.65. The number of nitrogens with zero attached hydrogens (tertiary/aromatic N) is 7. The summed E-state index contributed by atoms with van der Waals surface area (Å²) in [7, 11) is 0. The molecule has 0 saturated carbocycles. The molecule has 3 unspecified atom stereocenters. The van der Waals surface area contributed by atoms with E-state index in [0.29, 0.717) is 49.0 Å². The van der Waals surface area contributed by atoms with Crippen LogP contribution in [0.3, 0.4) is 0 Å². The molecule has 2 bridgehead atoms. The van der Waals surface area contributed by atoms with E-state index >= 15 is 0 Å². The lowest BCUT2D eigenvalue weighted by Gasteiger charge is -2.35. The number of nitrogens with one attached hydrogen (secondary N) is 1. The lowest BCUT2D eigenvalue weighted by Crippen LogP contribution is -2.49. The molecule has 17 heteroatoms. The van der Waals surface area contributed by atoms with Crippen molar-refractivity contribution in [3.05, 3.63) is 53.6 Å². The zero-order valence-corrected chi connectivity index (χ0v) is 25.1. The molecule has 0 saturated heterocycles. The van der Waals surface area contributed by atoms with Crippen molar-refractivity contribution in [1.29, 1.82) is 0 Å². The quantitative estimate of drug-likeness (QED) is 0.0656. The van der Waals surface area contributed by atoms with Crippen LogP contribution < -0.4 is 14.1 Å². The lowest BCUT2D eigenvalue weighted by atomic mass is 10.1. The van der Waals surface area contributed by atoms with Gasteiger partial charge < -0.3 is 19.1 Å². The molecule has 44 heavy (non-hydrogen) atoms. The van der Waals surface area contributed by atoms with Crippen LogP contribution in [-0.4, -0.2) is 76.8 Å². The van der Waals surface area contributed by atoms with Crippen molar-refractivity contribution in [2.45, 2.75) is 70.6 Å². The largest absolute Gasteiger partial charge is 0.478 e. The summed E-state index contributed by atoms with van der Waals surface area (Å²) in [6.07, 6.45) is 5.62. The summed E-state index contributed by atoms with van der Waals surface area (Å²) >= 11 is -2.15. The van der Waals surface area contributed by atoms with Crippen LogP contribution in [0, 0.1) is 0 Å². The third kappa shape index (κ3) is 6.79. The minimum absolute atomic E-state index is 0.0551. The maximum Gasteiger partial charge on any atom is 0.351 e. The molecule has 5 atom stereocenters. The molecule has 236 valence electrons. The number of fused-ring (bicyclic) bond motifs is 7. The van der Waals surface area contributed by atoms with Crippen molar-refractivity contribution >= 4 is 35.9 Å². The second-order valence-electron chi connectivity index (χ2n) is 11.1. The molecule has 0 spiro atoms. The van der Waals surface area contributed by atoms with E-state index < -0.39 is 29.5 Å². The number of carboxylic acids is 1. The molecule has 2 aliphatic heterocycles. The average molecular weight is 634 g/mol. The van der Waals surface area contributed by atoms with Gasteiger partial charge in [0.15, 0.2) is 12.4 Å². The second-order valence-corrected chi connectivity index (χ2v) is 11.8. The normalized spacial score (nSPS) is 20.7. The summed E-state index contributed by atoms with van der Waals surface area (Å²) in [6, 6.07) is 6.35. The molecule has 3 N–H and O–H groups in total. The SMILES string of the molecule is CCC[C@@H](OC=O)[n+]1cc2n(n1)C1CC[N+](CCc3ccc(NS(=O)O)cc3)(C2)Cc2c[n+]([C@@H](CCOC=O)C(=O)O)nn21. The van der Waals surface area contributed by atoms with Gasteiger partial charge in [-0.15, -0.1) is 4.68 Å². The summed E-state index contributed by atoms with van der Waals surface area (Å²) in [5.74, 6) is -1.08. The molecule has 0 aliphatic carbocycles. The summed E-state index contributed by atoms with van der Waals surface area (Å²) < 4.78 is 40.3. The standard InChI is InChI=1S/C27H35N8O8S/c1-2-3-26(43-19-37)32-15-23-17-35(11-8-20-4-6-21(7-5-20)28-44(40)41)12-9-25(34(23)30-32)33-22(16-35)14-31(29-33)24(27(38)39)10-13-42-18-36/h4-7,14-15,18-19,24-26,28H,2-3,8-13,16-17H2,1H3/q+1/p+2/t24-,25?,26+,35?/m0/s1. The number of hydrogen-bond donors (Lipinski definition) is 3. The molecule has 2 aliphatic rings. The third-order valence-corrected chi connectivity index (χ3v) is 8.64. The first kappa shape index (κ1) is 31.2. The summed E-state index contributed by atoms with van der Waals surface area (Å²) in [6.45, 7) is 5.47. The molecule has 0 amide bonds. The fraction of sp³-hybridized carbons (Fsp3) is 0.519. The number of benzene rings is 1. The maximum absolute atomic E-state index is 12.2. The van der Waals surface area contributed by atoms with E-state index in [9.17, 15) is 23.7 Å². The second kappa shape index (κ2) is 13.6. The molecular weight excluding hydrogens is 596 g/mol. The number of carboxylic acid groups (broad SMARTS) is 1. The predicted molar refractivity (Wildman–Crippen MR) is 150 cm³/mol. The Morgan fingerprint density at radius 1 is 1.14 bits per heavy atom. The molecular formula is C27H37N8O8S+3. The van der Waals surface area contributed by atoms with Crippen LogP contribution >= 0.6 is 0 Å². The molecule has 3 aromatic rings. The highest BCUT2D eigenvalue weighted by Gasteiger charge is 2.50. The van der Waals surface area contributed by atoms with Gasteiger partial charge in [-0.2, -0.15) is 0 Å². The van der Waals surface area contributed by atoms with Gasteiger partial charge in [0.2, 0.25) is 17.4 Å². The van der Waals surface area contributed by atoms with Gasteiger partial charge >= 0.3 is 5.97 Å². The van der Waals surface area contributed by atoms with Gasteiger partial charge in [-0.05, 0) is 24.1 Å². The molecule has 4 heterocycles. The van der Waals surface area contributed by atoms with E-state index in [0.717, 1.165) is 42.9 Å². The summed E-state index contributed by atoms with van der Waals surface area (Å²) in [4.78, 5) is 34.1. The summed E-state index contributed by atoms with van der Waals surface area (Å²) in [5, 5.41) is 19.5. The van der Waals surface area contributed by atoms with Crippen LogP contribution in [0.4, 0.5) is 5.69 Å². The highest BCUT2D eigenvalue weighted by Crippen LogP contribution is 2.33. The van der Waals surface area contributed by atoms with E-state index in [1.54, 1.807) is 23.0 Å². The van der Waals surface area contributed by atoms with Gasteiger partial charge in [-0.25, -0.2) is 9.00 Å². The number of hydrogen-bond acceptors (Lipinski definition) is 8. The minimum atomic E-state index is -2.15. The lowest BCUT2D eigenvalue weighted by molar-refractivity contribution is -0.953. The number of aromatic nitrogens is 6. The Hall–Kier alpha value is -4.22. The molecule has 5 rings (SSSR count). The topological polar surface area (TPSA) is 183 Å². The van der Waals surface area contributed by atoms with Gasteiger partial charge in [0.1, 0.15) is 13.1 Å². The Morgan fingerprint density at radius 3 is 2.43 bits per heavy atom. The van der Waals surface area contributed by atoms with Gasteiger partial charge in [-0.1, -0.05) is 33.1 Å².